The van der Waals surface area contributed by atoms with Crippen molar-refractivity contribution < 1.29 is 14.3 Å². The lowest BCUT2D eigenvalue weighted by Crippen LogP contribution is -2.25. The van der Waals surface area contributed by atoms with Gasteiger partial charge in [0.2, 0.25) is 0 Å². The lowest BCUT2D eigenvalue weighted by Gasteiger charge is -2.12. The second-order valence-electron chi connectivity index (χ2n) is 10.4. The summed E-state index contributed by atoms with van der Waals surface area (Å²) >= 11 is 0. The summed E-state index contributed by atoms with van der Waals surface area (Å²) in [7, 11) is 3.20. The first-order valence-corrected chi connectivity index (χ1v) is 14.7. The number of unbranched alkanes of at least 4 members (excludes halogenated alkanes) is 20. The highest BCUT2D eigenvalue weighted by Crippen LogP contribution is 2.15. The van der Waals surface area contributed by atoms with Crippen LogP contribution < -0.4 is 0 Å². The van der Waals surface area contributed by atoms with Crippen LogP contribution in [0.15, 0.2) is 24.0 Å². The lowest BCUT2D eigenvalue weighted by atomic mass is 10.0. The van der Waals surface area contributed by atoms with E-state index in [0.29, 0.717) is 5.57 Å². The van der Waals surface area contributed by atoms with E-state index in [1.807, 2.05) is 6.08 Å². The molecule has 0 heterocycles. The summed E-state index contributed by atoms with van der Waals surface area (Å²) in [5, 5.41) is 0. The van der Waals surface area contributed by atoms with Crippen LogP contribution in [0.25, 0.3) is 0 Å². The maximum absolute atomic E-state index is 12.0. The molecule has 0 aromatic carbocycles. The molecule has 0 aliphatic rings. The van der Waals surface area contributed by atoms with Gasteiger partial charge in [-0.1, -0.05) is 142 Å². The number of carbonyl (C=O) groups is 2. The van der Waals surface area contributed by atoms with E-state index in [4.69, 9.17) is 4.74 Å². The smallest absolute Gasteiger partial charge is 0.338 e. The van der Waals surface area contributed by atoms with Gasteiger partial charge < -0.3 is 9.64 Å². The van der Waals surface area contributed by atoms with Crippen molar-refractivity contribution in [3.8, 4) is 0 Å². The highest BCUT2D eigenvalue weighted by molar-refractivity contribution is 5.96. The number of likely N-dealkylation sites (N-methyl/N-ethyl adjacent to an activating group) is 1. The van der Waals surface area contributed by atoms with Crippen LogP contribution in [0.1, 0.15) is 149 Å². The fourth-order valence-electron chi connectivity index (χ4n) is 4.29. The molecule has 0 fully saturated rings. The molecule has 4 nitrogen and oxygen atoms in total. The van der Waals surface area contributed by atoms with E-state index in [0.717, 1.165) is 12.8 Å². The van der Waals surface area contributed by atoms with Gasteiger partial charge in [-0.2, -0.15) is 0 Å². The Hall–Kier alpha value is -1.58. The Morgan fingerprint density at radius 2 is 1.00 bits per heavy atom. The molecule has 0 aromatic heterocycles. The minimum absolute atomic E-state index is 0.133. The van der Waals surface area contributed by atoms with Crippen molar-refractivity contribution >= 4 is 11.9 Å². The van der Waals surface area contributed by atoms with E-state index < -0.39 is 5.97 Å². The minimum Gasteiger partial charge on any atom is -0.418 e. The Morgan fingerprint density at radius 1 is 0.657 bits per heavy atom. The standard InChI is InChI=1S/C31H57NO3/c1-6-7-8-9-10-11-12-13-14-15-16-17-18-19-20-21-22-23-24-25-26-27-28(2)31(34)35-29(3)30(33)32(4)5/h27H,3,6-26H2,1-2,4-5H3/b28-27+. The first-order chi connectivity index (χ1) is 16.9. The Balaban J connectivity index is 3.41. The second kappa shape index (κ2) is 24.1. The Bertz CT molecular complexity index is 580. The number of rotatable bonds is 24. The van der Waals surface area contributed by atoms with Crippen LogP contribution in [0.5, 0.6) is 0 Å². The molecule has 0 N–H and O–H groups in total. The summed E-state index contributed by atoms with van der Waals surface area (Å²) in [6.45, 7) is 7.54. The summed E-state index contributed by atoms with van der Waals surface area (Å²) in [6, 6.07) is 0. The zero-order valence-corrected chi connectivity index (χ0v) is 23.8. The minimum atomic E-state index is -0.488. The van der Waals surface area contributed by atoms with Crippen LogP contribution in [-0.2, 0) is 14.3 Å². The van der Waals surface area contributed by atoms with Crippen LogP contribution in [-0.4, -0.2) is 30.9 Å². The van der Waals surface area contributed by atoms with Gasteiger partial charge in [-0.15, -0.1) is 0 Å². The largest absolute Gasteiger partial charge is 0.418 e. The zero-order valence-electron chi connectivity index (χ0n) is 23.8. The van der Waals surface area contributed by atoms with E-state index in [1.165, 1.54) is 127 Å². The zero-order chi connectivity index (χ0) is 26.2. The maximum atomic E-state index is 12.0. The number of amides is 1. The summed E-state index contributed by atoms with van der Waals surface area (Å²) in [6.07, 6.45) is 30.3. The van der Waals surface area contributed by atoms with Gasteiger partial charge in [-0.3, -0.25) is 4.79 Å². The van der Waals surface area contributed by atoms with Gasteiger partial charge in [0, 0.05) is 19.7 Å². The first kappa shape index (κ1) is 33.4. The molecule has 0 bridgehead atoms. The first-order valence-electron chi connectivity index (χ1n) is 14.7. The molecule has 0 saturated heterocycles. The van der Waals surface area contributed by atoms with E-state index >= 15 is 0 Å². The van der Waals surface area contributed by atoms with Crippen LogP contribution in [0.3, 0.4) is 0 Å². The average molecular weight is 492 g/mol. The lowest BCUT2D eigenvalue weighted by molar-refractivity contribution is -0.141. The van der Waals surface area contributed by atoms with E-state index in [1.54, 1.807) is 21.0 Å². The van der Waals surface area contributed by atoms with Crippen LogP contribution in [0, 0.1) is 0 Å². The molecule has 0 saturated carbocycles. The predicted octanol–water partition coefficient (Wildman–Crippen LogP) is 9.29. The topological polar surface area (TPSA) is 46.6 Å². The summed E-state index contributed by atoms with van der Waals surface area (Å²) in [4.78, 5) is 25.0. The molecule has 35 heavy (non-hydrogen) atoms. The van der Waals surface area contributed by atoms with Crippen molar-refractivity contribution in [1.82, 2.24) is 4.90 Å². The van der Waals surface area contributed by atoms with E-state index in [9.17, 15) is 9.59 Å². The van der Waals surface area contributed by atoms with Crippen molar-refractivity contribution in [3.05, 3.63) is 24.0 Å². The maximum Gasteiger partial charge on any atom is 0.338 e. The average Bonchev–Trinajstić information content (AvgIpc) is 2.84. The van der Waals surface area contributed by atoms with Gasteiger partial charge in [-0.05, 0) is 19.8 Å². The fraction of sp³-hybridized carbons (Fsp3) is 0.806. The molecular weight excluding hydrogens is 434 g/mol. The Morgan fingerprint density at radius 3 is 1.34 bits per heavy atom. The molecular formula is C31H57NO3. The van der Waals surface area contributed by atoms with Crippen molar-refractivity contribution in [1.29, 1.82) is 0 Å². The number of hydrogen-bond donors (Lipinski definition) is 0. The third-order valence-corrected chi connectivity index (χ3v) is 6.69. The van der Waals surface area contributed by atoms with Crippen molar-refractivity contribution in [2.75, 3.05) is 14.1 Å². The third kappa shape index (κ3) is 21.4. The van der Waals surface area contributed by atoms with Crippen LogP contribution in [0.4, 0.5) is 0 Å². The molecule has 1 amide bonds. The van der Waals surface area contributed by atoms with Gasteiger partial charge in [0.1, 0.15) is 0 Å². The predicted molar refractivity (Wildman–Crippen MR) is 150 cm³/mol. The van der Waals surface area contributed by atoms with E-state index in [-0.39, 0.29) is 11.7 Å². The molecule has 0 aliphatic heterocycles. The molecule has 204 valence electrons. The number of carbonyl (C=O) groups excluding carboxylic acids is 2. The highest BCUT2D eigenvalue weighted by Gasteiger charge is 2.15. The van der Waals surface area contributed by atoms with Crippen molar-refractivity contribution in [2.24, 2.45) is 0 Å². The highest BCUT2D eigenvalue weighted by atomic mass is 16.5. The monoisotopic (exact) mass is 491 g/mol. The van der Waals surface area contributed by atoms with Crippen molar-refractivity contribution in [2.45, 2.75) is 149 Å². The molecule has 0 aromatic rings. The fourth-order valence-corrected chi connectivity index (χ4v) is 4.29. The molecule has 4 heteroatoms. The van der Waals surface area contributed by atoms with Gasteiger partial charge >= 0.3 is 5.97 Å². The molecule has 0 rings (SSSR count). The number of ether oxygens (including phenoxy) is 1. The molecule has 0 unspecified atom stereocenters. The van der Waals surface area contributed by atoms with Crippen LogP contribution >= 0.6 is 0 Å². The SMILES string of the molecule is C=C(OC(=O)/C(C)=C/CCCCCCCCCCCCCCCCCCCCCC)C(=O)N(C)C. The molecule has 0 aliphatic carbocycles. The third-order valence-electron chi connectivity index (χ3n) is 6.69. The van der Waals surface area contributed by atoms with Crippen LogP contribution in [0.2, 0.25) is 0 Å². The quantitative estimate of drug-likeness (QED) is 0.0585. The Labute approximate surface area is 218 Å². The normalized spacial score (nSPS) is 11.5. The Kier molecular flexibility index (Phi) is 23.0. The summed E-state index contributed by atoms with van der Waals surface area (Å²) < 4.78 is 5.04. The number of nitrogens with zero attached hydrogens (tertiary/aromatic N) is 1. The number of hydrogen-bond acceptors (Lipinski definition) is 3. The van der Waals surface area contributed by atoms with Gasteiger partial charge in [0.15, 0.2) is 5.76 Å². The summed E-state index contributed by atoms with van der Waals surface area (Å²) in [5.74, 6) is -1.01. The van der Waals surface area contributed by atoms with E-state index in [2.05, 4.69) is 13.5 Å². The van der Waals surface area contributed by atoms with Gasteiger partial charge in [0.25, 0.3) is 5.91 Å². The second-order valence-corrected chi connectivity index (χ2v) is 10.4. The van der Waals surface area contributed by atoms with Gasteiger partial charge in [0.05, 0.1) is 0 Å². The molecule has 0 spiro atoms. The van der Waals surface area contributed by atoms with Gasteiger partial charge in [-0.25, -0.2) is 4.79 Å². The number of allylic oxidation sites excluding steroid dienone is 1. The molecule has 0 atom stereocenters. The van der Waals surface area contributed by atoms with Crippen molar-refractivity contribution in [3.63, 3.8) is 0 Å². The summed E-state index contributed by atoms with van der Waals surface area (Å²) in [5.41, 5.74) is 0.538. The molecule has 0 radical (unpaired) electrons. The number of esters is 1.